The number of nitrogens with one attached hydrogen (secondary N) is 2. The van der Waals surface area contributed by atoms with Gasteiger partial charge < -0.3 is 16.4 Å². The van der Waals surface area contributed by atoms with E-state index in [9.17, 15) is 4.79 Å². The highest BCUT2D eigenvalue weighted by molar-refractivity contribution is 5.91. The fourth-order valence-electron chi connectivity index (χ4n) is 1.04. The zero-order valence-electron chi connectivity index (χ0n) is 8.79. The summed E-state index contributed by atoms with van der Waals surface area (Å²) in [4.78, 5) is 15.1. The molecule has 4 N–H and O–H groups in total. The number of hydrogen-bond acceptors (Lipinski definition) is 4. The highest BCUT2D eigenvalue weighted by Gasteiger charge is 1.99. The van der Waals surface area contributed by atoms with Crippen LogP contribution in [0.15, 0.2) is 18.3 Å². The van der Waals surface area contributed by atoms with Gasteiger partial charge in [-0.25, -0.2) is 4.98 Å². The molecule has 1 aromatic rings. The molecule has 0 aliphatic heterocycles. The Balaban J connectivity index is 2.52. The van der Waals surface area contributed by atoms with Gasteiger partial charge in [0.1, 0.15) is 5.82 Å². The second kappa shape index (κ2) is 5.98. The fourth-order valence-corrected chi connectivity index (χ4v) is 1.04. The van der Waals surface area contributed by atoms with Crippen molar-refractivity contribution >= 4 is 17.4 Å². The Morgan fingerprint density at radius 2 is 2.33 bits per heavy atom. The molecule has 1 rings (SSSR count). The molecule has 0 aliphatic carbocycles. The first-order valence-electron chi connectivity index (χ1n) is 4.96. The molecule has 0 aromatic carbocycles. The number of nitrogens with two attached hydrogens (primary N) is 1. The van der Waals surface area contributed by atoms with Crippen LogP contribution in [0.4, 0.5) is 11.5 Å². The summed E-state index contributed by atoms with van der Waals surface area (Å²) in [5, 5.41) is 5.76. The summed E-state index contributed by atoms with van der Waals surface area (Å²) in [6.07, 6.45) is 2.65. The molecule has 5 nitrogen and oxygen atoms in total. The van der Waals surface area contributed by atoms with Crippen LogP contribution in [-0.2, 0) is 4.79 Å². The van der Waals surface area contributed by atoms with E-state index in [4.69, 9.17) is 5.73 Å². The largest absolute Gasteiger partial charge is 0.370 e. The minimum absolute atomic E-state index is 0.0180. The SMILES string of the molecule is CCCNc1ccc(NC(=O)CN)cn1. The van der Waals surface area contributed by atoms with Crippen molar-refractivity contribution in [1.82, 2.24) is 4.98 Å². The molecule has 15 heavy (non-hydrogen) atoms. The predicted molar refractivity (Wildman–Crippen MR) is 60.7 cm³/mol. The molecule has 0 aliphatic rings. The molecular formula is C10H16N4O. The predicted octanol–water partition coefficient (Wildman–Crippen LogP) is 0.801. The highest BCUT2D eigenvalue weighted by atomic mass is 16.1. The standard InChI is InChI=1S/C10H16N4O/c1-2-5-12-9-4-3-8(7-13-9)14-10(15)6-11/h3-4,7H,2,5-6,11H2,1H3,(H,12,13)(H,14,15). The maximum absolute atomic E-state index is 11.0. The smallest absolute Gasteiger partial charge is 0.238 e. The first kappa shape index (κ1) is 11.5. The molecular weight excluding hydrogens is 192 g/mol. The summed E-state index contributed by atoms with van der Waals surface area (Å²) in [6, 6.07) is 3.61. The first-order chi connectivity index (χ1) is 7.26. The number of pyridine rings is 1. The Morgan fingerprint density at radius 3 is 2.87 bits per heavy atom. The maximum Gasteiger partial charge on any atom is 0.238 e. The van der Waals surface area contributed by atoms with Gasteiger partial charge in [0.2, 0.25) is 5.91 Å². The summed E-state index contributed by atoms with van der Waals surface area (Å²) in [7, 11) is 0. The van der Waals surface area contributed by atoms with E-state index in [-0.39, 0.29) is 12.5 Å². The average Bonchev–Trinajstić information content (AvgIpc) is 2.28. The minimum Gasteiger partial charge on any atom is -0.370 e. The summed E-state index contributed by atoms with van der Waals surface area (Å²) < 4.78 is 0. The molecule has 0 saturated carbocycles. The van der Waals surface area contributed by atoms with E-state index in [1.807, 2.05) is 6.07 Å². The molecule has 0 atom stereocenters. The molecule has 0 radical (unpaired) electrons. The summed E-state index contributed by atoms with van der Waals surface area (Å²) in [5.74, 6) is 0.591. The zero-order valence-corrected chi connectivity index (χ0v) is 8.79. The van der Waals surface area contributed by atoms with Crippen molar-refractivity contribution in [2.75, 3.05) is 23.7 Å². The van der Waals surface area contributed by atoms with Crippen LogP contribution < -0.4 is 16.4 Å². The molecule has 0 fully saturated rings. The molecule has 1 amide bonds. The van der Waals surface area contributed by atoms with Crippen molar-refractivity contribution in [3.05, 3.63) is 18.3 Å². The van der Waals surface area contributed by atoms with E-state index < -0.39 is 0 Å². The van der Waals surface area contributed by atoms with Gasteiger partial charge in [0.05, 0.1) is 18.4 Å². The Labute approximate surface area is 89.1 Å². The van der Waals surface area contributed by atoms with Crippen molar-refractivity contribution in [1.29, 1.82) is 0 Å². The summed E-state index contributed by atoms with van der Waals surface area (Å²) in [6.45, 7) is 2.96. The Morgan fingerprint density at radius 1 is 1.53 bits per heavy atom. The Kier molecular flexibility index (Phi) is 4.56. The molecule has 0 bridgehead atoms. The van der Waals surface area contributed by atoms with Crippen LogP contribution in [0.5, 0.6) is 0 Å². The lowest BCUT2D eigenvalue weighted by atomic mass is 10.4. The maximum atomic E-state index is 11.0. The van der Waals surface area contributed by atoms with Crippen LogP contribution in [0, 0.1) is 0 Å². The lowest BCUT2D eigenvalue weighted by Gasteiger charge is -2.05. The second-order valence-electron chi connectivity index (χ2n) is 3.11. The van der Waals surface area contributed by atoms with Gasteiger partial charge >= 0.3 is 0 Å². The Hall–Kier alpha value is -1.62. The van der Waals surface area contributed by atoms with Crippen LogP contribution in [0.25, 0.3) is 0 Å². The van der Waals surface area contributed by atoms with Crippen molar-refractivity contribution < 1.29 is 4.79 Å². The van der Waals surface area contributed by atoms with E-state index in [1.54, 1.807) is 12.3 Å². The number of carbonyl (C=O) groups excluding carboxylic acids is 1. The minimum atomic E-state index is -0.217. The number of carbonyl (C=O) groups is 1. The number of rotatable bonds is 5. The third-order valence-corrected chi connectivity index (χ3v) is 1.79. The van der Waals surface area contributed by atoms with Crippen molar-refractivity contribution in [3.63, 3.8) is 0 Å². The fraction of sp³-hybridized carbons (Fsp3) is 0.400. The average molecular weight is 208 g/mol. The molecule has 82 valence electrons. The second-order valence-corrected chi connectivity index (χ2v) is 3.11. The van der Waals surface area contributed by atoms with E-state index in [0.717, 1.165) is 18.8 Å². The zero-order chi connectivity index (χ0) is 11.1. The number of aromatic nitrogens is 1. The van der Waals surface area contributed by atoms with Crippen LogP contribution in [-0.4, -0.2) is 24.0 Å². The van der Waals surface area contributed by atoms with E-state index in [1.165, 1.54) is 0 Å². The van der Waals surface area contributed by atoms with Gasteiger partial charge in [0, 0.05) is 6.54 Å². The van der Waals surface area contributed by atoms with Crippen molar-refractivity contribution in [3.8, 4) is 0 Å². The quantitative estimate of drug-likeness (QED) is 0.668. The van der Waals surface area contributed by atoms with Gasteiger partial charge in [-0.1, -0.05) is 6.92 Å². The van der Waals surface area contributed by atoms with Crippen molar-refractivity contribution in [2.24, 2.45) is 5.73 Å². The monoisotopic (exact) mass is 208 g/mol. The highest BCUT2D eigenvalue weighted by Crippen LogP contribution is 2.09. The lowest BCUT2D eigenvalue weighted by molar-refractivity contribution is -0.114. The van der Waals surface area contributed by atoms with Gasteiger partial charge in [-0.15, -0.1) is 0 Å². The van der Waals surface area contributed by atoms with Gasteiger partial charge in [-0.3, -0.25) is 4.79 Å². The van der Waals surface area contributed by atoms with E-state index >= 15 is 0 Å². The molecule has 0 unspecified atom stereocenters. The first-order valence-corrected chi connectivity index (χ1v) is 4.96. The summed E-state index contributed by atoms with van der Waals surface area (Å²) >= 11 is 0. The van der Waals surface area contributed by atoms with E-state index in [2.05, 4.69) is 22.5 Å². The molecule has 0 spiro atoms. The number of anilines is 2. The van der Waals surface area contributed by atoms with E-state index in [0.29, 0.717) is 5.69 Å². The van der Waals surface area contributed by atoms with Gasteiger partial charge in [-0.2, -0.15) is 0 Å². The van der Waals surface area contributed by atoms with Gasteiger partial charge in [0.25, 0.3) is 0 Å². The normalized spacial score (nSPS) is 9.73. The third-order valence-electron chi connectivity index (χ3n) is 1.79. The molecule has 0 saturated heterocycles. The number of hydrogen-bond donors (Lipinski definition) is 3. The molecule has 5 heteroatoms. The number of nitrogens with zero attached hydrogens (tertiary/aromatic N) is 1. The topological polar surface area (TPSA) is 80.0 Å². The van der Waals surface area contributed by atoms with Crippen LogP contribution in [0.3, 0.4) is 0 Å². The molecule has 1 aromatic heterocycles. The van der Waals surface area contributed by atoms with Crippen LogP contribution in [0.1, 0.15) is 13.3 Å². The third kappa shape index (κ3) is 3.95. The van der Waals surface area contributed by atoms with Gasteiger partial charge in [-0.05, 0) is 18.6 Å². The Bertz CT molecular complexity index is 310. The molecule has 1 heterocycles. The van der Waals surface area contributed by atoms with Crippen LogP contribution in [0.2, 0.25) is 0 Å². The van der Waals surface area contributed by atoms with Crippen LogP contribution >= 0.6 is 0 Å². The van der Waals surface area contributed by atoms with Crippen molar-refractivity contribution in [2.45, 2.75) is 13.3 Å². The lowest BCUT2D eigenvalue weighted by Crippen LogP contribution is -2.21. The van der Waals surface area contributed by atoms with Gasteiger partial charge in [0.15, 0.2) is 0 Å². The number of amides is 1. The summed E-state index contributed by atoms with van der Waals surface area (Å²) in [5.41, 5.74) is 5.83.